The van der Waals surface area contributed by atoms with Crippen LogP contribution >= 0.6 is 0 Å². The number of hydrogen-bond acceptors (Lipinski definition) is 6. The smallest absolute Gasteiger partial charge is 0.357 e. The number of para-hydroxylation sites is 1. The summed E-state index contributed by atoms with van der Waals surface area (Å²) in [6, 6.07) is 13.4. The lowest BCUT2D eigenvalue weighted by molar-refractivity contribution is 0.0549. The zero-order valence-corrected chi connectivity index (χ0v) is 19.4. The van der Waals surface area contributed by atoms with Gasteiger partial charge in [-0.15, -0.1) is 0 Å². The number of rotatable bonds is 6. The quantitative estimate of drug-likeness (QED) is 0.495. The van der Waals surface area contributed by atoms with Crippen molar-refractivity contribution in [3.05, 3.63) is 71.2 Å². The summed E-state index contributed by atoms with van der Waals surface area (Å²) in [5.41, 5.74) is 2.05. The van der Waals surface area contributed by atoms with Gasteiger partial charge in [0.15, 0.2) is 5.69 Å². The molecule has 3 aromatic rings. The van der Waals surface area contributed by atoms with Gasteiger partial charge in [0.25, 0.3) is 0 Å². The van der Waals surface area contributed by atoms with Gasteiger partial charge in [-0.25, -0.2) is 18.7 Å². The lowest BCUT2D eigenvalue weighted by Crippen LogP contribution is -2.24. The second kappa shape index (κ2) is 10.6. The molecule has 0 bridgehead atoms. The Morgan fingerprint density at radius 2 is 1.62 bits per heavy atom. The van der Waals surface area contributed by atoms with Gasteiger partial charge in [0, 0.05) is 12.1 Å². The highest BCUT2D eigenvalue weighted by molar-refractivity contribution is 6.07. The number of methoxy groups -OCH3 is 2. The van der Waals surface area contributed by atoms with Crippen LogP contribution in [-0.4, -0.2) is 53.9 Å². The van der Waals surface area contributed by atoms with Crippen molar-refractivity contribution < 1.29 is 23.5 Å². The Kier molecular flexibility index (Phi) is 7.37. The van der Waals surface area contributed by atoms with Crippen LogP contribution in [0, 0.1) is 5.82 Å². The molecule has 7 nitrogen and oxygen atoms in total. The Labute approximate surface area is 198 Å². The molecule has 0 saturated carbocycles. The van der Waals surface area contributed by atoms with E-state index in [4.69, 9.17) is 9.47 Å². The maximum Gasteiger partial charge on any atom is 0.357 e. The highest BCUT2D eigenvalue weighted by Gasteiger charge is 2.32. The number of esters is 2. The fourth-order valence-corrected chi connectivity index (χ4v) is 4.40. The molecule has 1 fully saturated rings. The van der Waals surface area contributed by atoms with Crippen LogP contribution in [0.25, 0.3) is 16.9 Å². The van der Waals surface area contributed by atoms with Crippen LogP contribution in [0.5, 0.6) is 0 Å². The highest BCUT2D eigenvalue weighted by atomic mass is 19.1. The molecule has 0 aliphatic carbocycles. The summed E-state index contributed by atoms with van der Waals surface area (Å²) in [6.45, 7) is 2.36. The van der Waals surface area contributed by atoms with Crippen LogP contribution in [0.2, 0.25) is 0 Å². The minimum Gasteiger partial charge on any atom is -0.465 e. The summed E-state index contributed by atoms with van der Waals surface area (Å²) >= 11 is 0. The van der Waals surface area contributed by atoms with E-state index in [-0.39, 0.29) is 22.8 Å². The Hall–Kier alpha value is -3.52. The maximum absolute atomic E-state index is 14.3. The largest absolute Gasteiger partial charge is 0.465 e. The molecule has 4 rings (SSSR count). The molecule has 0 radical (unpaired) electrons. The van der Waals surface area contributed by atoms with Crippen LogP contribution in [0.3, 0.4) is 0 Å². The van der Waals surface area contributed by atoms with E-state index >= 15 is 0 Å². The van der Waals surface area contributed by atoms with E-state index in [9.17, 15) is 14.0 Å². The van der Waals surface area contributed by atoms with Crippen LogP contribution in [0.15, 0.2) is 48.5 Å². The minimum atomic E-state index is -0.723. The molecule has 2 aromatic carbocycles. The van der Waals surface area contributed by atoms with Gasteiger partial charge in [0.05, 0.1) is 19.9 Å². The number of hydrogen-bond donors (Lipinski definition) is 0. The zero-order valence-electron chi connectivity index (χ0n) is 19.4. The number of carbonyl (C=O) groups is 2. The standard InChI is InChI=1S/C26H28FN3O4/c1-33-25(31)22-23(28-30(24(22)26(32)34-2)20-10-6-5-7-11-20)21-13-12-19(27)16-18(21)17-29-14-8-3-4-9-15-29/h5-7,10-13,16H,3-4,8-9,14-15,17H2,1-2H3. The fourth-order valence-electron chi connectivity index (χ4n) is 4.40. The summed E-state index contributed by atoms with van der Waals surface area (Å²) in [7, 11) is 2.49. The second-order valence-electron chi connectivity index (χ2n) is 8.29. The van der Waals surface area contributed by atoms with E-state index in [0.29, 0.717) is 23.4 Å². The molecule has 1 aromatic heterocycles. The van der Waals surface area contributed by atoms with E-state index in [1.54, 1.807) is 30.3 Å². The Morgan fingerprint density at radius 1 is 0.941 bits per heavy atom. The molecule has 0 N–H and O–H groups in total. The Morgan fingerprint density at radius 3 is 2.26 bits per heavy atom. The molecule has 0 amide bonds. The minimum absolute atomic E-state index is 0.0121. The van der Waals surface area contributed by atoms with Gasteiger partial charge >= 0.3 is 11.9 Å². The van der Waals surface area contributed by atoms with Crippen molar-refractivity contribution in [3.8, 4) is 16.9 Å². The van der Waals surface area contributed by atoms with Gasteiger partial charge in [-0.1, -0.05) is 31.0 Å². The zero-order chi connectivity index (χ0) is 24.1. The lowest BCUT2D eigenvalue weighted by atomic mass is 9.99. The van der Waals surface area contributed by atoms with E-state index in [1.807, 2.05) is 6.07 Å². The molecule has 0 spiro atoms. The topological polar surface area (TPSA) is 73.7 Å². The summed E-state index contributed by atoms with van der Waals surface area (Å²) in [6.07, 6.45) is 4.55. The number of nitrogens with zero attached hydrogens (tertiary/aromatic N) is 3. The molecule has 1 saturated heterocycles. The maximum atomic E-state index is 14.3. The van der Waals surface area contributed by atoms with E-state index in [2.05, 4.69) is 10.00 Å². The van der Waals surface area contributed by atoms with Crippen molar-refractivity contribution in [1.82, 2.24) is 14.7 Å². The second-order valence-corrected chi connectivity index (χ2v) is 8.29. The molecule has 8 heteroatoms. The van der Waals surface area contributed by atoms with Gasteiger partial charge in [0.2, 0.25) is 0 Å². The molecular formula is C26H28FN3O4. The first-order chi connectivity index (χ1) is 16.5. The van der Waals surface area contributed by atoms with E-state index in [0.717, 1.165) is 25.9 Å². The molecule has 178 valence electrons. The first-order valence-electron chi connectivity index (χ1n) is 11.4. The molecule has 1 aliphatic heterocycles. The summed E-state index contributed by atoms with van der Waals surface area (Å²) in [5.74, 6) is -1.81. The third-order valence-electron chi connectivity index (χ3n) is 6.07. The van der Waals surface area contributed by atoms with Crippen LogP contribution < -0.4 is 0 Å². The highest BCUT2D eigenvalue weighted by Crippen LogP contribution is 2.32. The number of benzene rings is 2. The van der Waals surface area contributed by atoms with Crippen LogP contribution in [0.1, 0.15) is 52.1 Å². The molecule has 34 heavy (non-hydrogen) atoms. The van der Waals surface area contributed by atoms with Gasteiger partial charge in [-0.05, 0) is 61.8 Å². The number of carbonyl (C=O) groups excluding carboxylic acids is 2. The Bertz CT molecular complexity index is 1170. The van der Waals surface area contributed by atoms with Crippen molar-refractivity contribution in [2.24, 2.45) is 0 Å². The molecular weight excluding hydrogens is 437 g/mol. The average Bonchev–Trinajstić information content (AvgIpc) is 3.07. The third kappa shape index (κ3) is 4.87. The number of aromatic nitrogens is 2. The molecule has 0 atom stereocenters. The van der Waals surface area contributed by atoms with E-state index < -0.39 is 11.9 Å². The SMILES string of the molecule is COC(=O)c1c(-c2ccc(F)cc2CN2CCCCCC2)nn(-c2ccccc2)c1C(=O)OC. The van der Waals surface area contributed by atoms with Gasteiger partial charge in [-0.2, -0.15) is 5.10 Å². The molecule has 0 unspecified atom stereocenters. The van der Waals surface area contributed by atoms with Crippen LogP contribution in [0.4, 0.5) is 4.39 Å². The third-order valence-corrected chi connectivity index (χ3v) is 6.07. The number of likely N-dealkylation sites (tertiary alicyclic amines) is 1. The average molecular weight is 466 g/mol. The summed E-state index contributed by atoms with van der Waals surface area (Å²) < 4.78 is 25.7. The van der Waals surface area contributed by atoms with E-state index in [1.165, 1.54) is 43.9 Å². The normalized spacial score (nSPS) is 14.4. The number of ether oxygens (including phenoxy) is 2. The van der Waals surface area contributed by atoms with Gasteiger partial charge in [0.1, 0.15) is 17.1 Å². The predicted molar refractivity (Wildman–Crippen MR) is 125 cm³/mol. The van der Waals surface area contributed by atoms with Gasteiger partial charge < -0.3 is 9.47 Å². The molecule has 1 aliphatic rings. The molecule has 2 heterocycles. The Balaban J connectivity index is 1.91. The van der Waals surface area contributed by atoms with Crippen molar-refractivity contribution in [2.45, 2.75) is 32.2 Å². The van der Waals surface area contributed by atoms with Gasteiger partial charge in [-0.3, -0.25) is 4.90 Å². The van der Waals surface area contributed by atoms with Crippen molar-refractivity contribution >= 4 is 11.9 Å². The first kappa shape index (κ1) is 23.6. The number of halogens is 1. The lowest BCUT2D eigenvalue weighted by Gasteiger charge is -2.21. The fraction of sp³-hybridized carbons (Fsp3) is 0.346. The summed E-state index contributed by atoms with van der Waals surface area (Å²) in [4.78, 5) is 28.1. The predicted octanol–water partition coefficient (Wildman–Crippen LogP) is 4.63. The van der Waals surface area contributed by atoms with Crippen molar-refractivity contribution in [1.29, 1.82) is 0 Å². The van der Waals surface area contributed by atoms with Crippen LogP contribution in [-0.2, 0) is 16.0 Å². The summed E-state index contributed by atoms with van der Waals surface area (Å²) in [5, 5.41) is 4.66. The first-order valence-corrected chi connectivity index (χ1v) is 11.4. The van der Waals surface area contributed by atoms with Crippen molar-refractivity contribution in [2.75, 3.05) is 27.3 Å². The van der Waals surface area contributed by atoms with Crippen molar-refractivity contribution in [3.63, 3.8) is 0 Å². The monoisotopic (exact) mass is 465 g/mol.